The zero-order valence-electron chi connectivity index (χ0n) is 25.1. The Kier molecular flexibility index (Phi) is 11.4. The zero-order valence-corrected chi connectivity index (χ0v) is 26.0. The van der Waals surface area contributed by atoms with E-state index in [-0.39, 0.29) is 29.4 Å². The second-order valence-electron chi connectivity index (χ2n) is 11.2. The smallest absolute Gasteiger partial charge is 0.407 e. The van der Waals surface area contributed by atoms with E-state index in [9.17, 15) is 23.1 Å². The third-order valence-electron chi connectivity index (χ3n) is 8.25. The highest BCUT2D eigenvalue weighted by Gasteiger charge is 2.38. The van der Waals surface area contributed by atoms with Gasteiger partial charge in [0.15, 0.2) is 0 Å². The summed E-state index contributed by atoms with van der Waals surface area (Å²) in [6, 6.07) is 23.3. The molecule has 4 rings (SSSR count). The molecule has 3 aromatic carbocycles. The zero-order chi connectivity index (χ0) is 31.7. The molecule has 0 radical (unpaired) electrons. The van der Waals surface area contributed by atoms with Gasteiger partial charge in [-0.25, -0.2) is 13.2 Å². The molecule has 1 saturated carbocycles. The van der Waals surface area contributed by atoms with Crippen LogP contribution in [0.15, 0.2) is 89.8 Å². The molecule has 0 saturated heterocycles. The van der Waals surface area contributed by atoms with Gasteiger partial charge in [-0.2, -0.15) is 4.31 Å². The molecular weight excluding hydrogens is 580 g/mol. The maximum absolute atomic E-state index is 14.0. The van der Waals surface area contributed by atoms with Crippen molar-refractivity contribution in [3.8, 4) is 0 Å². The second-order valence-corrected chi connectivity index (χ2v) is 13.2. The predicted octanol–water partition coefficient (Wildman–Crippen LogP) is 3.87. The van der Waals surface area contributed by atoms with Crippen LogP contribution in [0.2, 0.25) is 0 Å². The molecule has 1 fully saturated rings. The molecule has 1 aliphatic rings. The number of carbonyl (C=O) groups excluding carboxylic acids is 2. The molecule has 1 aliphatic carbocycles. The monoisotopic (exact) mass is 622 g/mol. The van der Waals surface area contributed by atoms with Gasteiger partial charge in [0.05, 0.1) is 18.6 Å². The first-order valence-electron chi connectivity index (χ1n) is 14.8. The van der Waals surface area contributed by atoms with Crippen molar-refractivity contribution in [3.63, 3.8) is 0 Å². The number of nitrogen functional groups attached to an aromatic ring is 1. The number of nitrogens with one attached hydrogen (secondary N) is 2. The van der Waals surface area contributed by atoms with Gasteiger partial charge in [0.2, 0.25) is 15.9 Å². The molecule has 3 atom stereocenters. The minimum Gasteiger partial charge on any atom is -0.453 e. The molecule has 10 nitrogen and oxygen atoms in total. The second kappa shape index (κ2) is 15.2. The highest BCUT2D eigenvalue weighted by molar-refractivity contribution is 7.89. The Morgan fingerprint density at radius 3 is 2.00 bits per heavy atom. The van der Waals surface area contributed by atoms with E-state index < -0.39 is 34.1 Å². The van der Waals surface area contributed by atoms with E-state index in [1.165, 1.54) is 42.7 Å². The average Bonchev–Trinajstić information content (AvgIpc) is 3.89. The van der Waals surface area contributed by atoms with Crippen molar-refractivity contribution < 1.29 is 27.9 Å². The van der Waals surface area contributed by atoms with Gasteiger partial charge in [-0.15, -0.1) is 0 Å². The number of aliphatic hydroxyl groups excluding tert-OH is 1. The lowest BCUT2D eigenvalue weighted by atomic mass is 9.84. The SMILES string of the molecule is COC(=O)N[C@H](C(=O)N[C@H](CCC[C@@H](CO)N(C)S(=O)(=O)c1ccc(N)cc1)C1CC1)C(c1ccccc1)c1ccccc1. The van der Waals surface area contributed by atoms with E-state index in [0.29, 0.717) is 24.9 Å². The normalized spacial score (nSPS) is 15.4. The Morgan fingerprint density at radius 1 is 0.932 bits per heavy atom. The average molecular weight is 623 g/mol. The fourth-order valence-electron chi connectivity index (χ4n) is 5.54. The Morgan fingerprint density at radius 2 is 1.50 bits per heavy atom. The topological polar surface area (TPSA) is 151 Å². The number of ether oxygens (including phenoxy) is 1. The first kappa shape index (κ1) is 33.0. The molecule has 3 aromatic rings. The van der Waals surface area contributed by atoms with Crippen LogP contribution in [0.4, 0.5) is 10.5 Å². The van der Waals surface area contributed by atoms with Gasteiger partial charge in [-0.05, 0) is 73.4 Å². The summed E-state index contributed by atoms with van der Waals surface area (Å²) < 4.78 is 32.4. The van der Waals surface area contributed by atoms with Crippen molar-refractivity contribution in [2.24, 2.45) is 5.92 Å². The van der Waals surface area contributed by atoms with Crippen LogP contribution < -0.4 is 16.4 Å². The molecule has 5 N–H and O–H groups in total. The molecule has 0 unspecified atom stereocenters. The lowest BCUT2D eigenvalue weighted by Crippen LogP contribution is -2.53. The molecule has 0 bridgehead atoms. The summed E-state index contributed by atoms with van der Waals surface area (Å²) in [5.41, 5.74) is 7.91. The van der Waals surface area contributed by atoms with Gasteiger partial charge in [0.25, 0.3) is 0 Å². The third-order valence-corrected chi connectivity index (χ3v) is 10.2. The number of nitrogens with two attached hydrogens (primary N) is 1. The van der Waals surface area contributed by atoms with Gasteiger partial charge in [-0.3, -0.25) is 4.79 Å². The van der Waals surface area contributed by atoms with Crippen LogP contribution in [0.5, 0.6) is 0 Å². The van der Waals surface area contributed by atoms with Crippen molar-refractivity contribution in [1.29, 1.82) is 0 Å². The summed E-state index contributed by atoms with van der Waals surface area (Å²) >= 11 is 0. The fraction of sp³-hybridized carbons (Fsp3) is 0.394. The number of hydrogen-bond acceptors (Lipinski definition) is 7. The van der Waals surface area contributed by atoms with Crippen LogP contribution in [0.3, 0.4) is 0 Å². The number of anilines is 1. The summed E-state index contributed by atoms with van der Waals surface area (Å²) in [5.74, 6) is -0.512. The van der Waals surface area contributed by atoms with Gasteiger partial charge in [0, 0.05) is 30.7 Å². The molecule has 44 heavy (non-hydrogen) atoms. The fourth-order valence-corrected chi connectivity index (χ4v) is 6.92. The first-order valence-corrected chi connectivity index (χ1v) is 16.3. The number of aliphatic hydroxyl groups is 1. The lowest BCUT2D eigenvalue weighted by Gasteiger charge is -2.30. The first-order chi connectivity index (χ1) is 21.1. The van der Waals surface area contributed by atoms with Crippen molar-refractivity contribution in [1.82, 2.24) is 14.9 Å². The molecule has 2 amide bonds. The van der Waals surface area contributed by atoms with E-state index in [1.807, 2.05) is 60.7 Å². The largest absolute Gasteiger partial charge is 0.453 e. The Balaban J connectivity index is 1.48. The number of hydrogen-bond donors (Lipinski definition) is 4. The number of methoxy groups -OCH3 is 1. The Labute approximate surface area is 259 Å². The number of alkyl carbamates (subject to hydrolysis) is 1. The van der Waals surface area contributed by atoms with Crippen molar-refractivity contribution in [3.05, 3.63) is 96.1 Å². The molecule has 0 aliphatic heterocycles. The predicted molar refractivity (Wildman–Crippen MR) is 169 cm³/mol. The molecule has 11 heteroatoms. The number of rotatable bonds is 15. The van der Waals surface area contributed by atoms with E-state index in [0.717, 1.165) is 24.0 Å². The standard InChI is InChI=1S/C33H42N4O6S/c1-37(44(41,42)28-20-18-26(34)19-21-28)27(22-38)14-9-15-29(23-16-17-23)35-32(39)31(36-33(40)43-2)30(24-10-5-3-6-11-24)25-12-7-4-8-13-25/h3-8,10-13,18-21,23,27,29-31,38H,9,14-17,22,34H2,1-2H3,(H,35,39)(H,36,40)/t27-,29+,31-/m0/s1. The number of amides is 2. The summed E-state index contributed by atoms with van der Waals surface area (Å²) in [7, 11) is -1.11. The summed E-state index contributed by atoms with van der Waals surface area (Å²) in [5, 5.41) is 16.1. The minimum atomic E-state index is -3.83. The number of sulfonamides is 1. The number of carbonyl (C=O) groups is 2. The van der Waals surface area contributed by atoms with Gasteiger partial charge in [0.1, 0.15) is 6.04 Å². The molecule has 0 heterocycles. The Hall–Kier alpha value is -3.93. The molecule has 236 valence electrons. The summed E-state index contributed by atoms with van der Waals surface area (Å²) in [6.07, 6.45) is 2.80. The van der Waals surface area contributed by atoms with Gasteiger partial charge >= 0.3 is 6.09 Å². The van der Waals surface area contributed by atoms with Crippen molar-refractivity contribution >= 4 is 27.7 Å². The number of likely N-dealkylation sites (N-methyl/N-ethyl adjacent to an activating group) is 1. The van der Waals surface area contributed by atoms with E-state index in [1.54, 1.807) is 0 Å². The summed E-state index contributed by atoms with van der Waals surface area (Å²) in [4.78, 5) is 26.6. The van der Waals surface area contributed by atoms with Crippen LogP contribution in [-0.4, -0.2) is 68.7 Å². The van der Waals surface area contributed by atoms with Crippen molar-refractivity contribution in [2.45, 2.75) is 61.0 Å². The maximum Gasteiger partial charge on any atom is 0.407 e. The van der Waals surface area contributed by atoms with Gasteiger partial charge < -0.3 is 26.2 Å². The van der Waals surface area contributed by atoms with Crippen LogP contribution in [0.1, 0.15) is 49.1 Å². The van der Waals surface area contributed by atoms with Crippen LogP contribution in [0.25, 0.3) is 0 Å². The van der Waals surface area contributed by atoms with Crippen LogP contribution in [0, 0.1) is 5.92 Å². The number of nitrogens with zero attached hydrogens (tertiary/aromatic N) is 1. The Bertz CT molecular complexity index is 1430. The molecule has 0 aromatic heterocycles. The molecule has 0 spiro atoms. The van der Waals surface area contributed by atoms with E-state index in [4.69, 9.17) is 10.5 Å². The quantitative estimate of drug-likeness (QED) is 0.188. The van der Waals surface area contributed by atoms with Crippen LogP contribution in [-0.2, 0) is 19.6 Å². The highest BCUT2D eigenvalue weighted by atomic mass is 32.2. The van der Waals surface area contributed by atoms with Crippen molar-refractivity contribution in [2.75, 3.05) is 26.5 Å². The minimum absolute atomic E-state index is 0.103. The van der Waals surface area contributed by atoms with Gasteiger partial charge in [-0.1, -0.05) is 60.7 Å². The van der Waals surface area contributed by atoms with E-state index in [2.05, 4.69) is 10.6 Å². The third kappa shape index (κ3) is 8.37. The number of benzene rings is 3. The lowest BCUT2D eigenvalue weighted by molar-refractivity contribution is -0.124. The highest BCUT2D eigenvalue weighted by Crippen LogP contribution is 2.36. The van der Waals surface area contributed by atoms with Crippen LogP contribution >= 0.6 is 0 Å². The molecular formula is C33H42N4O6S. The maximum atomic E-state index is 14.0. The van der Waals surface area contributed by atoms with E-state index >= 15 is 0 Å². The summed E-state index contributed by atoms with van der Waals surface area (Å²) in [6.45, 7) is -0.341.